The zero-order chi connectivity index (χ0) is 34.2. The van der Waals surface area contributed by atoms with Gasteiger partial charge in [-0.15, -0.1) is 0 Å². The highest BCUT2D eigenvalue weighted by molar-refractivity contribution is 6.27. The summed E-state index contributed by atoms with van der Waals surface area (Å²) >= 11 is 0. The first kappa shape index (κ1) is 28.8. The van der Waals surface area contributed by atoms with Gasteiger partial charge in [0, 0.05) is 34.7 Å². The van der Waals surface area contributed by atoms with E-state index in [0.29, 0.717) is 0 Å². The van der Waals surface area contributed by atoms with Crippen molar-refractivity contribution in [3.63, 3.8) is 0 Å². The summed E-state index contributed by atoms with van der Waals surface area (Å²) < 4.78 is 0. The summed E-state index contributed by atoms with van der Waals surface area (Å²) in [6.07, 6.45) is 5.56. The molecule has 0 spiro atoms. The van der Waals surface area contributed by atoms with Gasteiger partial charge < -0.3 is 0 Å². The van der Waals surface area contributed by atoms with Crippen LogP contribution < -0.4 is 0 Å². The number of aromatic nitrogens is 3. The maximum absolute atomic E-state index is 4.58. The van der Waals surface area contributed by atoms with Crippen molar-refractivity contribution in [2.75, 3.05) is 0 Å². The third-order valence-corrected chi connectivity index (χ3v) is 10.7. The highest BCUT2D eigenvalue weighted by Gasteiger charge is 2.17. The van der Waals surface area contributed by atoms with Crippen LogP contribution in [0.2, 0.25) is 0 Å². The minimum Gasteiger partial charge on any atom is -0.256 e. The number of nitrogens with zero attached hydrogens (tertiary/aromatic N) is 3. The van der Waals surface area contributed by atoms with Crippen LogP contribution in [0.3, 0.4) is 0 Å². The van der Waals surface area contributed by atoms with Gasteiger partial charge in [0.25, 0.3) is 0 Å². The number of rotatable bonds is 4. The van der Waals surface area contributed by atoms with E-state index >= 15 is 0 Å². The molecule has 0 N–H and O–H groups in total. The Morgan fingerprint density at radius 1 is 0.269 bits per heavy atom. The maximum atomic E-state index is 4.58. The van der Waals surface area contributed by atoms with Crippen molar-refractivity contribution in [2.24, 2.45) is 0 Å². The second-order valence-electron chi connectivity index (χ2n) is 13.7. The Hall–Kier alpha value is -6.97. The summed E-state index contributed by atoms with van der Waals surface area (Å²) in [6.45, 7) is 0. The lowest BCUT2D eigenvalue weighted by atomic mass is 9.86. The van der Waals surface area contributed by atoms with E-state index < -0.39 is 0 Å². The largest absolute Gasteiger partial charge is 0.256 e. The highest BCUT2D eigenvalue weighted by Crippen LogP contribution is 2.44. The Kier molecular flexibility index (Phi) is 6.25. The topological polar surface area (TPSA) is 38.7 Å². The molecular weight excluding hydrogens is 631 g/mol. The second kappa shape index (κ2) is 11.3. The monoisotopic (exact) mass is 659 g/mol. The molecule has 3 heteroatoms. The summed E-state index contributed by atoms with van der Waals surface area (Å²) in [6, 6.07) is 57.5. The molecule has 0 aliphatic carbocycles. The molecule has 0 fully saturated rings. The molecule has 0 aliphatic rings. The maximum Gasteiger partial charge on any atom is 0.0702 e. The van der Waals surface area contributed by atoms with Crippen LogP contribution in [-0.4, -0.2) is 15.0 Å². The number of hydrogen-bond donors (Lipinski definition) is 0. The fraction of sp³-hybridized carbons (Fsp3) is 0. The SMILES string of the molecule is c1cnc2ccc(-c3cc(-c4ccc5ncccc5c4)cc(-c4ccc5ccc6c(-c7ccc8ncccc8c7)ccc7ccc4c5c76)c3)cc2c1. The second-order valence-corrected chi connectivity index (χ2v) is 13.7. The Bertz CT molecular complexity index is 3100. The van der Waals surface area contributed by atoms with E-state index in [1.807, 2.05) is 36.8 Å². The van der Waals surface area contributed by atoms with Crippen LogP contribution in [0.1, 0.15) is 0 Å². The lowest BCUT2D eigenvalue weighted by Crippen LogP contribution is -1.91. The number of fused-ring (bicyclic) bond motifs is 3. The van der Waals surface area contributed by atoms with Gasteiger partial charge in [0.1, 0.15) is 0 Å². The van der Waals surface area contributed by atoms with Gasteiger partial charge in [0.2, 0.25) is 0 Å². The van der Waals surface area contributed by atoms with E-state index in [1.54, 1.807) is 0 Å². The van der Waals surface area contributed by atoms with Crippen molar-refractivity contribution >= 4 is 65.0 Å². The Morgan fingerprint density at radius 2 is 0.673 bits per heavy atom. The summed E-state index contributed by atoms with van der Waals surface area (Å²) in [5.41, 5.74) is 12.5. The van der Waals surface area contributed by atoms with Crippen LogP contribution in [0, 0.1) is 0 Å². The Labute approximate surface area is 299 Å². The van der Waals surface area contributed by atoms with E-state index in [4.69, 9.17) is 0 Å². The molecule has 8 aromatic carbocycles. The van der Waals surface area contributed by atoms with Gasteiger partial charge in [-0.05, 0) is 150 Å². The Morgan fingerprint density at radius 3 is 1.17 bits per heavy atom. The van der Waals surface area contributed by atoms with Crippen molar-refractivity contribution in [1.29, 1.82) is 0 Å². The quantitative estimate of drug-likeness (QED) is 0.177. The fourth-order valence-corrected chi connectivity index (χ4v) is 8.17. The highest BCUT2D eigenvalue weighted by atomic mass is 14.6. The molecule has 0 atom stereocenters. The van der Waals surface area contributed by atoms with Gasteiger partial charge in [0.05, 0.1) is 16.6 Å². The first-order chi connectivity index (χ1) is 25.7. The van der Waals surface area contributed by atoms with Crippen molar-refractivity contribution < 1.29 is 0 Å². The first-order valence-corrected chi connectivity index (χ1v) is 17.7. The molecule has 11 aromatic rings. The molecule has 0 unspecified atom stereocenters. The van der Waals surface area contributed by atoms with E-state index in [2.05, 4.69) is 154 Å². The number of benzene rings is 8. The van der Waals surface area contributed by atoms with Crippen molar-refractivity contribution in [1.82, 2.24) is 15.0 Å². The zero-order valence-corrected chi connectivity index (χ0v) is 28.1. The molecule has 0 amide bonds. The molecule has 3 nitrogen and oxygen atoms in total. The minimum atomic E-state index is 0.996. The van der Waals surface area contributed by atoms with Gasteiger partial charge in [-0.1, -0.05) is 84.9 Å². The van der Waals surface area contributed by atoms with E-state index in [1.165, 1.54) is 76.8 Å². The summed E-state index contributed by atoms with van der Waals surface area (Å²) in [5, 5.41) is 11.0. The van der Waals surface area contributed by atoms with Crippen LogP contribution in [0.5, 0.6) is 0 Å². The molecular formula is C49H29N3. The molecule has 240 valence electrons. The lowest BCUT2D eigenvalue weighted by Gasteiger charge is -2.18. The predicted octanol–water partition coefficient (Wildman–Crippen LogP) is 12.9. The molecule has 11 rings (SSSR count). The average molecular weight is 660 g/mol. The third-order valence-electron chi connectivity index (χ3n) is 10.7. The molecule has 3 heterocycles. The average Bonchev–Trinajstić information content (AvgIpc) is 3.22. The molecule has 0 aliphatic heterocycles. The van der Waals surface area contributed by atoms with Gasteiger partial charge in [0.15, 0.2) is 0 Å². The predicted molar refractivity (Wildman–Crippen MR) is 218 cm³/mol. The smallest absolute Gasteiger partial charge is 0.0702 e. The van der Waals surface area contributed by atoms with Crippen LogP contribution in [0.4, 0.5) is 0 Å². The lowest BCUT2D eigenvalue weighted by molar-refractivity contribution is 1.41. The van der Waals surface area contributed by atoms with Gasteiger partial charge >= 0.3 is 0 Å². The zero-order valence-electron chi connectivity index (χ0n) is 28.1. The van der Waals surface area contributed by atoms with Crippen LogP contribution in [0.25, 0.3) is 110 Å². The van der Waals surface area contributed by atoms with Gasteiger partial charge in [-0.3, -0.25) is 15.0 Å². The van der Waals surface area contributed by atoms with E-state index in [0.717, 1.165) is 32.7 Å². The molecule has 0 radical (unpaired) electrons. The van der Waals surface area contributed by atoms with E-state index in [-0.39, 0.29) is 0 Å². The molecule has 0 saturated carbocycles. The summed E-state index contributed by atoms with van der Waals surface area (Å²) in [4.78, 5) is 13.7. The molecule has 3 aromatic heterocycles. The van der Waals surface area contributed by atoms with Crippen molar-refractivity contribution in [3.05, 3.63) is 176 Å². The fourth-order valence-electron chi connectivity index (χ4n) is 8.17. The molecule has 0 saturated heterocycles. The van der Waals surface area contributed by atoms with Crippen molar-refractivity contribution in [3.8, 4) is 44.5 Å². The van der Waals surface area contributed by atoms with Gasteiger partial charge in [-0.25, -0.2) is 0 Å². The normalized spacial score (nSPS) is 11.8. The number of pyridine rings is 3. The molecule has 0 bridgehead atoms. The van der Waals surface area contributed by atoms with Crippen molar-refractivity contribution in [2.45, 2.75) is 0 Å². The molecule has 52 heavy (non-hydrogen) atoms. The third kappa shape index (κ3) is 4.57. The Balaban J connectivity index is 1.15. The minimum absolute atomic E-state index is 0.996. The van der Waals surface area contributed by atoms with Gasteiger partial charge in [-0.2, -0.15) is 0 Å². The summed E-state index contributed by atoms with van der Waals surface area (Å²) in [5.74, 6) is 0. The van der Waals surface area contributed by atoms with Crippen LogP contribution in [0.15, 0.2) is 176 Å². The van der Waals surface area contributed by atoms with Crippen LogP contribution >= 0.6 is 0 Å². The number of hydrogen-bond acceptors (Lipinski definition) is 3. The summed E-state index contributed by atoms with van der Waals surface area (Å²) in [7, 11) is 0. The standard InChI is InChI=1S/C49H29N3/c1-4-35-24-32(11-18-45(35)50-21-1)38-27-39(33-12-19-46-36(25-33)5-2-22-51-46)29-40(28-38)42-15-8-31-9-16-43-41(14-7-30-10-17-44(42)49(31)48(30)43)34-13-20-47-37(26-34)6-3-23-52-47/h1-29H. The first-order valence-electron chi connectivity index (χ1n) is 17.7. The van der Waals surface area contributed by atoms with E-state index in [9.17, 15) is 0 Å². The van der Waals surface area contributed by atoms with Crippen LogP contribution in [-0.2, 0) is 0 Å².